The van der Waals surface area contributed by atoms with Gasteiger partial charge in [-0.25, -0.2) is 0 Å². The Bertz CT molecular complexity index is 1700. The van der Waals surface area contributed by atoms with Gasteiger partial charge in [0.25, 0.3) is 0 Å². The number of anilines is 1. The third-order valence-electron chi connectivity index (χ3n) is 7.38. The molecule has 0 bridgehead atoms. The molecule has 0 radical (unpaired) electrons. The Hall–Kier alpha value is -3.68. The maximum absolute atomic E-state index is 9.43. The number of aromatic nitrogens is 2. The molecule has 0 saturated carbocycles. The molecule has 0 atom stereocenters. The Morgan fingerprint density at radius 1 is 0.976 bits per heavy atom. The molecule has 1 amide bonds. The number of hydrogen-bond acceptors (Lipinski definition) is 2. The first-order valence-corrected chi connectivity index (χ1v) is 15.1. The van der Waals surface area contributed by atoms with E-state index >= 15 is 0 Å². The molecule has 0 aliphatic carbocycles. The fourth-order valence-corrected chi connectivity index (χ4v) is 5.98. The van der Waals surface area contributed by atoms with Crippen LogP contribution in [0.3, 0.4) is 0 Å². The van der Waals surface area contributed by atoms with Crippen molar-refractivity contribution in [2.24, 2.45) is 0 Å². The summed E-state index contributed by atoms with van der Waals surface area (Å²) in [5, 5.41) is 3.63. The highest BCUT2D eigenvalue weighted by molar-refractivity contribution is 9.10. The molecule has 5 aromatic rings. The summed E-state index contributed by atoms with van der Waals surface area (Å²) >= 11 is 9.85. The number of aryl methyl sites for hydroxylation is 4. The molecule has 41 heavy (non-hydrogen) atoms. The van der Waals surface area contributed by atoms with Crippen molar-refractivity contribution in [3.05, 3.63) is 106 Å². The van der Waals surface area contributed by atoms with Crippen LogP contribution >= 0.6 is 28.1 Å². The van der Waals surface area contributed by atoms with Crippen LogP contribution in [-0.2, 0) is 17.8 Å². The van der Waals surface area contributed by atoms with Crippen molar-refractivity contribution in [3.63, 3.8) is 0 Å². The van der Waals surface area contributed by atoms with Gasteiger partial charge in [0.1, 0.15) is 10.6 Å². The quantitative estimate of drug-likeness (QED) is 0.158. The lowest BCUT2D eigenvalue weighted by molar-refractivity contribution is -0.115. The summed E-state index contributed by atoms with van der Waals surface area (Å²) in [6, 6.07) is 25.8. The topological polar surface area (TPSA) is 41.7 Å². The fraction of sp³-hybridized carbons (Fsp3) is 0.235. The summed E-state index contributed by atoms with van der Waals surface area (Å²) in [5.74, 6) is 0. The molecule has 5 nitrogen and oxygen atoms in total. The number of hydrogen-bond donors (Lipinski definition) is 1. The molecule has 1 N–H and O–H groups in total. The lowest BCUT2D eigenvalue weighted by Crippen LogP contribution is -2.15. The highest BCUT2D eigenvalue weighted by Gasteiger charge is 2.28. The molecule has 3 heterocycles. The number of nitrogens with one attached hydrogen (secondary N) is 1. The number of imidazole rings is 1. The second-order valence-electron chi connectivity index (χ2n) is 10.7. The zero-order valence-corrected chi connectivity index (χ0v) is 26.3. The SMILES string of the molecule is CN(C)C=O.Cc1ccc(C)c(NC(=S)c2c(-c3ccc(Br)cc3)c3c4n(cc(-c5ccccc5)n24)CCCC3)c1. The lowest BCUT2D eigenvalue weighted by atomic mass is 9.98. The Balaban J connectivity index is 0.000000623. The molecular formula is C34H35BrN4OS. The Morgan fingerprint density at radius 2 is 1.68 bits per heavy atom. The zero-order chi connectivity index (χ0) is 29.1. The van der Waals surface area contributed by atoms with Crippen LogP contribution in [-0.4, -0.2) is 39.4 Å². The molecule has 6 rings (SSSR count). The summed E-state index contributed by atoms with van der Waals surface area (Å²) in [7, 11) is 3.38. The maximum Gasteiger partial charge on any atom is 0.209 e. The predicted molar refractivity (Wildman–Crippen MR) is 178 cm³/mol. The molecule has 1 aliphatic heterocycles. The number of halogens is 1. The van der Waals surface area contributed by atoms with Gasteiger partial charge in [-0.1, -0.05) is 82.7 Å². The molecule has 0 fully saturated rings. The summed E-state index contributed by atoms with van der Waals surface area (Å²) in [6.45, 7) is 5.27. The van der Waals surface area contributed by atoms with Gasteiger partial charge in [0.2, 0.25) is 6.41 Å². The van der Waals surface area contributed by atoms with E-state index in [-0.39, 0.29) is 0 Å². The van der Waals surface area contributed by atoms with E-state index in [1.54, 1.807) is 14.1 Å². The van der Waals surface area contributed by atoms with Gasteiger partial charge in [-0.3, -0.25) is 9.20 Å². The minimum Gasteiger partial charge on any atom is -0.351 e. The van der Waals surface area contributed by atoms with Gasteiger partial charge in [0.15, 0.2) is 0 Å². The van der Waals surface area contributed by atoms with Gasteiger partial charge in [0, 0.05) is 53.7 Å². The number of amides is 1. The average molecular weight is 628 g/mol. The summed E-state index contributed by atoms with van der Waals surface area (Å²) in [5.41, 5.74) is 12.0. The van der Waals surface area contributed by atoms with Gasteiger partial charge in [0.05, 0.1) is 11.4 Å². The predicted octanol–water partition coefficient (Wildman–Crippen LogP) is 8.28. The van der Waals surface area contributed by atoms with Gasteiger partial charge in [-0.2, -0.15) is 0 Å². The number of carbonyl (C=O) groups excluding carboxylic acids is 1. The highest BCUT2D eigenvalue weighted by atomic mass is 79.9. The Morgan fingerprint density at radius 3 is 2.37 bits per heavy atom. The van der Waals surface area contributed by atoms with Crippen LogP contribution in [0.5, 0.6) is 0 Å². The van der Waals surface area contributed by atoms with Crippen LogP contribution in [0.1, 0.15) is 35.2 Å². The second-order valence-corrected chi connectivity index (χ2v) is 12.1. The molecule has 210 valence electrons. The van der Waals surface area contributed by atoms with E-state index in [0.29, 0.717) is 0 Å². The summed E-state index contributed by atoms with van der Waals surface area (Å²) < 4.78 is 5.93. The Kier molecular flexibility index (Phi) is 8.76. The van der Waals surface area contributed by atoms with Gasteiger partial charge >= 0.3 is 0 Å². The van der Waals surface area contributed by atoms with Crippen molar-refractivity contribution in [2.75, 3.05) is 19.4 Å². The van der Waals surface area contributed by atoms with Crippen molar-refractivity contribution in [2.45, 2.75) is 39.7 Å². The van der Waals surface area contributed by atoms with Crippen molar-refractivity contribution < 1.29 is 4.79 Å². The zero-order valence-electron chi connectivity index (χ0n) is 23.9. The van der Waals surface area contributed by atoms with Gasteiger partial charge in [-0.05, 0) is 68.0 Å². The third kappa shape index (κ3) is 6.02. The molecular weight excluding hydrogens is 592 g/mol. The monoisotopic (exact) mass is 626 g/mol. The van der Waals surface area contributed by atoms with E-state index in [9.17, 15) is 4.79 Å². The third-order valence-corrected chi connectivity index (χ3v) is 8.20. The van der Waals surface area contributed by atoms with Crippen molar-refractivity contribution >= 4 is 50.9 Å². The van der Waals surface area contributed by atoms with Gasteiger partial charge < -0.3 is 14.8 Å². The van der Waals surface area contributed by atoms with E-state index in [4.69, 9.17) is 12.2 Å². The van der Waals surface area contributed by atoms with Crippen LogP contribution in [0.25, 0.3) is 28.0 Å². The van der Waals surface area contributed by atoms with Crippen LogP contribution in [0, 0.1) is 13.8 Å². The van der Waals surface area contributed by atoms with E-state index in [1.807, 2.05) is 0 Å². The maximum atomic E-state index is 9.43. The van der Waals surface area contributed by atoms with Crippen molar-refractivity contribution in [1.29, 1.82) is 0 Å². The number of thiocarbonyl (C=S) groups is 1. The van der Waals surface area contributed by atoms with E-state index < -0.39 is 0 Å². The summed E-state index contributed by atoms with van der Waals surface area (Å²) in [4.78, 5) is 11.6. The number of benzene rings is 3. The first-order valence-electron chi connectivity index (χ1n) is 13.9. The normalized spacial score (nSPS) is 12.3. The van der Waals surface area contributed by atoms with E-state index in [2.05, 4.69) is 123 Å². The fourth-order valence-electron chi connectivity index (χ4n) is 5.41. The summed E-state index contributed by atoms with van der Waals surface area (Å²) in [6.07, 6.45) is 6.45. The molecule has 7 heteroatoms. The minimum absolute atomic E-state index is 0.748. The van der Waals surface area contributed by atoms with Gasteiger partial charge in [-0.15, -0.1) is 0 Å². The van der Waals surface area contributed by atoms with Crippen molar-refractivity contribution in [1.82, 2.24) is 13.9 Å². The van der Waals surface area contributed by atoms with Crippen LogP contribution in [0.15, 0.2) is 83.5 Å². The standard InChI is InChI=1S/C31H28BrN3S.C3H7NO/c1-20-11-12-21(2)26(18-20)33-30(36)29-28(23-13-15-24(32)16-14-23)25-10-6-7-17-34-19-27(35(29)31(25)34)22-8-4-3-5-9-22;1-4(2)3-5/h3-5,8-9,11-16,18-19H,6-7,10,17H2,1-2H3,(H,33,36);3H,1-2H3. The second kappa shape index (κ2) is 12.5. The van der Waals surface area contributed by atoms with Crippen LogP contribution < -0.4 is 5.32 Å². The highest BCUT2D eigenvalue weighted by Crippen LogP contribution is 2.40. The first-order chi connectivity index (χ1) is 19.8. The lowest BCUT2D eigenvalue weighted by Gasteiger charge is -2.15. The molecule has 1 aliphatic rings. The molecule has 3 aromatic carbocycles. The van der Waals surface area contributed by atoms with E-state index in [1.165, 1.54) is 62.5 Å². The minimum atomic E-state index is 0.748. The first kappa shape index (κ1) is 28.8. The number of rotatable bonds is 5. The molecule has 0 saturated heterocycles. The average Bonchev–Trinajstić information content (AvgIpc) is 3.41. The van der Waals surface area contributed by atoms with Crippen LogP contribution in [0.4, 0.5) is 5.69 Å². The van der Waals surface area contributed by atoms with Crippen molar-refractivity contribution in [3.8, 4) is 22.4 Å². The van der Waals surface area contributed by atoms with Crippen LogP contribution in [0.2, 0.25) is 0 Å². The molecule has 2 aromatic heterocycles. The number of carbonyl (C=O) groups is 1. The smallest absolute Gasteiger partial charge is 0.209 e. The molecule has 0 spiro atoms. The Labute approximate surface area is 255 Å². The largest absolute Gasteiger partial charge is 0.351 e. The van der Waals surface area contributed by atoms with E-state index in [0.717, 1.165) is 40.2 Å². The number of nitrogens with zero attached hydrogens (tertiary/aromatic N) is 3. The molecule has 0 unspecified atom stereocenters.